The number of imide groups is 1. The van der Waals surface area contributed by atoms with Crippen molar-refractivity contribution in [1.82, 2.24) is 9.80 Å². The summed E-state index contributed by atoms with van der Waals surface area (Å²) in [6.07, 6.45) is 0.182. The van der Waals surface area contributed by atoms with E-state index >= 15 is 0 Å². The van der Waals surface area contributed by atoms with Gasteiger partial charge in [-0.15, -0.1) is 0 Å². The normalized spacial score (nSPS) is 21.9. The lowest BCUT2D eigenvalue weighted by molar-refractivity contribution is -0.123. The van der Waals surface area contributed by atoms with Gasteiger partial charge in [0.15, 0.2) is 11.5 Å². The highest BCUT2D eigenvalue weighted by Crippen LogP contribution is 2.34. The number of carbonyl (C=O) groups excluding carboxylic acids is 2. The number of ether oxygens (including phenoxy) is 2. The minimum Gasteiger partial charge on any atom is -0.454 e. The van der Waals surface area contributed by atoms with Crippen molar-refractivity contribution in [2.24, 2.45) is 0 Å². The Balaban J connectivity index is 1.21. The molecule has 2 aromatic rings. The topological polar surface area (TPSA) is 62.3 Å². The van der Waals surface area contributed by atoms with Gasteiger partial charge in [0, 0.05) is 32.7 Å². The summed E-state index contributed by atoms with van der Waals surface area (Å²) in [5.74, 6) is 1.15. The zero-order valence-electron chi connectivity index (χ0n) is 16.7. The summed E-state index contributed by atoms with van der Waals surface area (Å²) >= 11 is 12.0. The number of hydrogen-bond acceptors (Lipinski definition) is 6. The van der Waals surface area contributed by atoms with Crippen molar-refractivity contribution in [2.75, 3.05) is 37.9 Å². The summed E-state index contributed by atoms with van der Waals surface area (Å²) < 4.78 is 10.8. The van der Waals surface area contributed by atoms with E-state index in [0.29, 0.717) is 15.7 Å². The van der Waals surface area contributed by atoms with Crippen molar-refractivity contribution in [3.05, 3.63) is 52.0 Å². The lowest BCUT2D eigenvalue weighted by Crippen LogP contribution is -2.52. The van der Waals surface area contributed by atoms with Crippen LogP contribution in [-0.2, 0) is 16.1 Å². The monoisotopic (exact) mass is 461 g/mol. The van der Waals surface area contributed by atoms with Gasteiger partial charge < -0.3 is 9.47 Å². The average molecular weight is 462 g/mol. The molecule has 0 aromatic heterocycles. The number of carbonyl (C=O) groups is 2. The summed E-state index contributed by atoms with van der Waals surface area (Å²) in [7, 11) is 0. The number of amides is 2. The largest absolute Gasteiger partial charge is 0.454 e. The van der Waals surface area contributed by atoms with Gasteiger partial charge in [-0.3, -0.25) is 19.4 Å². The van der Waals surface area contributed by atoms with Crippen molar-refractivity contribution < 1.29 is 19.1 Å². The molecular formula is C22H21Cl2N3O4. The molecule has 162 valence electrons. The minimum absolute atomic E-state index is 0.182. The summed E-state index contributed by atoms with van der Waals surface area (Å²) in [5, 5.41) is 0.708. The lowest BCUT2D eigenvalue weighted by Gasteiger charge is -2.37. The number of piperazine rings is 1. The third-order valence-electron chi connectivity index (χ3n) is 5.98. The number of anilines is 1. The number of benzene rings is 2. The first kappa shape index (κ1) is 20.6. The third kappa shape index (κ3) is 3.99. The molecule has 2 amide bonds. The van der Waals surface area contributed by atoms with Crippen molar-refractivity contribution in [2.45, 2.75) is 19.0 Å². The van der Waals surface area contributed by atoms with E-state index in [2.05, 4.69) is 9.80 Å². The highest BCUT2D eigenvalue weighted by molar-refractivity contribution is 6.42. The van der Waals surface area contributed by atoms with E-state index in [1.165, 1.54) is 4.90 Å². The van der Waals surface area contributed by atoms with Crippen LogP contribution >= 0.6 is 23.2 Å². The van der Waals surface area contributed by atoms with Gasteiger partial charge in [-0.25, -0.2) is 4.90 Å². The molecule has 3 aliphatic heterocycles. The second kappa shape index (κ2) is 8.31. The van der Waals surface area contributed by atoms with Gasteiger partial charge in [-0.1, -0.05) is 29.3 Å². The van der Waals surface area contributed by atoms with Gasteiger partial charge in [0.05, 0.1) is 28.2 Å². The summed E-state index contributed by atoms with van der Waals surface area (Å²) in [5.41, 5.74) is 1.63. The first-order valence-corrected chi connectivity index (χ1v) is 10.9. The van der Waals surface area contributed by atoms with Crippen molar-refractivity contribution >= 4 is 40.7 Å². The van der Waals surface area contributed by atoms with E-state index in [-0.39, 0.29) is 25.0 Å². The molecule has 2 saturated heterocycles. The van der Waals surface area contributed by atoms with Crippen LogP contribution in [0.2, 0.25) is 10.0 Å². The van der Waals surface area contributed by atoms with E-state index in [1.807, 2.05) is 18.2 Å². The molecule has 9 heteroatoms. The van der Waals surface area contributed by atoms with Gasteiger partial charge in [0.1, 0.15) is 0 Å². The van der Waals surface area contributed by atoms with Crippen LogP contribution in [0.3, 0.4) is 0 Å². The molecule has 0 aliphatic carbocycles. The molecule has 0 radical (unpaired) electrons. The molecule has 0 spiro atoms. The maximum absolute atomic E-state index is 13.0. The molecule has 0 unspecified atom stereocenters. The second-order valence-electron chi connectivity index (χ2n) is 7.89. The third-order valence-corrected chi connectivity index (χ3v) is 6.71. The highest BCUT2D eigenvalue weighted by atomic mass is 35.5. The van der Waals surface area contributed by atoms with Gasteiger partial charge >= 0.3 is 0 Å². The maximum atomic E-state index is 13.0. The molecule has 31 heavy (non-hydrogen) atoms. The fraction of sp³-hybridized carbons (Fsp3) is 0.364. The Hall–Kier alpha value is -2.32. The van der Waals surface area contributed by atoms with Crippen LogP contribution < -0.4 is 14.4 Å². The van der Waals surface area contributed by atoms with Crippen molar-refractivity contribution in [3.8, 4) is 11.5 Å². The Kier molecular flexibility index (Phi) is 5.52. The molecule has 1 atom stereocenters. The van der Waals surface area contributed by atoms with Crippen LogP contribution in [0.25, 0.3) is 0 Å². The van der Waals surface area contributed by atoms with Gasteiger partial charge in [-0.05, 0) is 35.9 Å². The molecule has 0 N–H and O–H groups in total. The molecule has 3 aliphatic rings. The van der Waals surface area contributed by atoms with E-state index in [0.717, 1.165) is 49.8 Å². The summed E-state index contributed by atoms with van der Waals surface area (Å²) in [6, 6.07) is 10.4. The first-order valence-electron chi connectivity index (χ1n) is 10.2. The zero-order chi connectivity index (χ0) is 21.5. The van der Waals surface area contributed by atoms with Crippen LogP contribution in [0.4, 0.5) is 5.69 Å². The SMILES string of the molecule is O=C1C[C@H](N2CCN(Cc3ccc4c(c3)OCO4)CC2)C(=O)N1c1ccc(Cl)c(Cl)c1. The Bertz CT molecular complexity index is 1040. The quantitative estimate of drug-likeness (QED) is 0.651. The van der Waals surface area contributed by atoms with Crippen LogP contribution in [0, 0.1) is 0 Å². The highest BCUT2D eigenvalue weighted by Gasteiger charge is 2.43. The molecule has 2 fully saturated rings. The van der Waals surface area contributed by atoms with E-state index in [4.69, 9.17) is 32.7 Å². The van der Waals surface area contributed by atoms with Gasteiger partial charge in [0.25, 0.3) is 5.91 Å². The first-order chi connectivity index (χ1) is 15.0. The smallest absolute Gasteiger partial charge is 0.251 e. The molecule has 0 saturated carbocycles. The standard InChI is InChI=1S/C22H21Cl2N3O4/c23-16-3-2-15(10-17(16)24)27-21(28)11-18(22(27)29)26-7-5-25(6-8-26)12-14-1-4-19-20(9-14)31-13-30-19/h1-4,9-10,18H,5-8,11-13H2/t18-/m0/s1. The fourth-order valence-electron chi connectivity index (χ4n) is 4.33. The van der Waals surface area contributed by atoms with Crippen LogP contribution in [0.15, 0.2) is 36.4 Å². The lowest BCUT2D eigenvalue weighted by atomic mass is 10.1. The Morgan fingerprint density at radius 1 is 0.903 bits per heavy atom. The van der Waals surface area contributed by atoms with Crippen LogP contribution in [0.5, 0.6) is 11.5 Å². The molecule has 0 bridgehead atoms. The van der Waals surface area contributed by atoms with Crippen LogP contribution in [0.1, 0.15) is 12.0 Å². The Labute approximate surface area is 190 Å². The minimum atomic E-state index is -0.436. The second-order valence-corrected chi connectivity index (χ2v) is 8.70. The van der Waals surface area contributed by atoms with Crippen LogP contribution in [-0.4, -0.2) is 60.6 Å². The predicted molar refractivity (Wildman–Crippen MR) is 117 cm³/mol. The Morgan fingerprint density at radius 3 is 2.45 bits per heavy atom. The van der Waals surface area contributed by atoms with E-state index in [9.17, 15) is 9.59 Å². The fourth-order valence-corrected chi connectivity index (χ4v) is 4.62. The number of halogens is 2. The molecule has 7 nitrogen and oxygen atoms in total. The maximum Gasteiger partial charge on any atom is 0.251 e. The number of fused-ring (bicyclic) bond motifs is 1. The number of rotatable bonds is 4. The predicted octanol–water partition coefficient (Wildman–Crippen LogP) is 3.17. The average Bonchev–Trinajstić information content (AvgIpc) is 3.34. The number of hydrogen-bond donors (Lipinski definition) is 0. The van der Waals surface area contributed by atoms with Crippen molar-refractivity contribution in [3.63, 3.8) is 0 Å². The van der Waals surface area contributed by atoms with E-state index < -0.39 is 6.04 Å². The van der Waals surface area contributed by atoms with Gasteiger partial charge in [-0.2, -0.15) is 0 Å². The van der Waals surface area contributed by atoms with E-state index in [1.54, 1.807) is 18.2 Å². The molecule has 3 heterocycles. The number of nitrogens with zero attached hydrogens (tertiary/aromatic N) is 3. The van der Waals surface area contributed by atoms with Gasteiger partial charge in [0.2, 0.25) is 12.7 Å². The zero-order valence-corrected chi connectivity index (χ0v) is 18.2. The molecule has 2 aromatic carbocycles. The summed E-state index contributed by atoms with van der Waals surface area (Å²) in [4.78, 5) is 31.3. The Morgan fingerprint density at radius 2 is 1.68 bits per heavy atom. The van der Waals surface area contributed by atoms with Crippen molar-refractivity contribution in [1.29, 1.82) is 0 Å². The summed E-state index contributed by atoms with van der Waals surface area (Å²) in [6.45, 7) is 4.16. The molecule has 5 rings (SSSR count). The molecular weight excluding hydrogens is 441 g/mol.